The fourth-order valence-electron chi connectivity index (χ4n) is 3.49. The number of aromatic nitrogens is 1. The molecule has 6 nitrogen and oxygen atoms in total. The molecule has 4 rings (SSSR count). The van der Waals surface area contributed by atoms with Gasteiger partial charge in [0.25, 0.3) is 5.91 Å². The number of nitrogens with zero attached hydrogens (tertiary/aromatic N) is 1. The van der Waals surface area contributed by atoms with E-state index in [1.54, 1.807) is 18.2 Å². The van der Waals surface area contributed by atoms with Crippen molar-refractivity contribution in [2.45, 2.75) is 20.3 Å². The third kappa shape index (κ3) is 5.50. The lowest BCUT2D eigenvalue weighted by molar-refractivity contribution is -0.115. The Labute approximate surface area is 202 Å². The summed E-state index contributed by atoms with van der Waals surface area (Å²) in [5.74, 6) is 0.402. The maximum atomic E-state index is 12.7. The van der Waals surface area contributed by atoms with Crippen LogP contribution in [0.25, 0.3) is 10.6 Å². The molecular weight excluding hydrogens is 446 g/mol. The number of hydrogen-bond donors (Lipinski definition) is 2. The Morgan fingerprint density at radius 1 is 0.912 bits per heavy atom. The molecule has 1 aromatic heterocycles. The second-order valence-corrected chi connectivity index (χ2v) is 8.45. The van der Waals surface area contributed by atoms with Crippen molar-refractivity contribution in [3.8, 4) is 16.3 Å². The first-order chi connectivity index (χ1) is 16.5. The number of carbonyl (C=O) groups is 2. The summed E-state index contributed by atoms with van der Waals surface area (Å²) >= 11 is 1.48. The molecule has 0 aliphatic carbocycles. The van der Waals surface area contributed by atoms with Crippen LogP contribution in [0.2, 0.25) is 0 Å². The Morgan fingerprint density at radius 2 is 1.62 bits per heavy atom. The highest BCUT2D eigenvalue weighted by Crippen LogP contribution is 2.32. The first-order valence-electron chi connectivity index (χ1n) is 11.0. The van der Waals surface area contributed by atoms with Crippen molar-refractivity contribution in [1.82, 2.24) is 4.98 Å². The molecule has 7 heteroatoms. The molecule has 0 aliphatic heterocycles. The molecule has 0 saturated heterocycles. The standard InChI is InChI=1S/C27H25N3O3S/c1-3-33-24-15-8-7-12-21(24)27-28-20(17-34-27)16-25(31)29-22-13-9-14-23(18(22)2)30-26(32)19-10-5-4-6-11-19/h4-15,17H,3,16H2,1-2H3,(H,29,31)(H,30,32). The summed E-state index contributed by atoms with van der Waals surface area (Å²) in [6.07, 6.45) is 0.146. The molecule has 1 heterocycles. The number of rotatable bonds is 8. The number of para-hydroxylation sites is 1. The average Bonchev–Trinajstić information content (AvgIpc) is 3.31. The van der Waals surface area contributed by atoms with Crippen molar-refractivity contribution >= 4 is 34.5 Å². The van der Waals surface area contributed by atoms with Crippen LogP contribution in [0.4, 0.5) is 11.4 Å². The van der Waals surface area contributed by atoms with Crippen LogP contribution in [0.1, 0.15) is 28.5 Å². The van der Waals surface area contributed by atoms with E-state index >= 15 is 0 Å². The van der Waals surface area contributed by atoms with Crippen LogP contribution in [-0.4, -0.2) is 23.4 Å². The van der Waals surface area contributed by atoms with Crippen molar-refractivity contribution in [3.05, 3.63) is 95.0 Å². The van der Waals surface area contributed by atoms with Crippen molar-refractivity contribution in [3.63, 3.8) is 0 Å². The van der Waals surface area contributed by atoms with Gasteiger partial charge in [0.05, 0.1) is 24.3 Å². The topological polar surface area (TPSA) is 80.3 Å². The van der Waals surface area contributed by atoms with Crippen LogP contribution in [0.15, 0.2) is 78.2 Å². The van der Waals surface area contributed by atoms with Gasteiger partial charge in [0, 0.05) is 22.3 Å². The van der Waals surface area contributed by atoms with Gasteiger partial charge in [0.1, 0.15) is 10.8 Å². The van der Waals surface area contributed by atoms with Gasteiger partial charge in [0.15, 0.2) is 0 Å². The summed E-state index contributed by atoms with van der Waals surface area (Å²) in [4.78, 5) is 29.9. The van der Waals surface area contributed by atoms with Gasteiger partial charge in [-0.05, 0) is 55.8 Å². The van der Waals surface area contributed by atoms with E-state index in [4.69, 9.17) is 4.74 Å². The van der Waals surface area contributed by atoms with Gasteiger partial charge in [-0.2, -0.15) is 0 Å². The maximum absolute atomic E-state index is 12.7. The summed E-state index contributed by atoms with van der Waals surface area (Å²) in [6, 6.07) is 22.2. The molecule has 2 N–H and O–H groups in total. The first kappa shape index (κ1) is 23.2. The Bertz CT molecular complexity index is 1300. The first-order valence-corrected chi connectivity index (χ1v) is 11.9. The molecule has 172 valence electrons. The molecule has 0 spiro atoms. The van der Waals surface area contributed by atoms with Crippen LogP contribution >= 0.6 is 11.3 Å². The molecule has 0 bridgehead atoms. The normalized spacial score (nSPS) is 10.5. The van der Waals surface area contributed by atoms with Crippen LogP contribution in [0.5, 0.6) is 5.75 Å². The summed E-state index contributed by atoms with van der Waals surface area (Å²) in [6.45, 7) is 4.38. The Balaban J connectivity index is 1.43. The molecular formula is C27H25N3O3S. The summed E-state index contributed by atoms with van der Waals surface area (Å²) in [5.41, 5.74) is 4.25. The van der Waals surface area contributed by atoms with Crippen molar-refractivity contribution in [2.24, 2.45) is 0 Å². The number of benzene rings is 3. The van der Waals surface area contributed by atoms with E-state index in [0.717, 1.165) is 21.9 Å². The number of thiazole rings is 1. The third-order valence-corrected chi connectivity index (χ3v) is 6.13. The lowest BCUT2D eigenvalue weighted by Crippen LogP contribution is -2.17. The number of amides is 2. The SMILES string of the molecule is CCOc1ccccc1-c1nc(CC(=O)Nc2cccc(NC(=O)c3ccccc3)c2C)cs1. The fraction of sp³-hybridized carbons (Fsp3) is 0.148. The zero-order chi connectivity index (χ0) is 23.9. The highest BCUT2D eigenvalue weighted by molar-refractivity contribution is 7.13. The molecule has 0 aliphatic rings. The van der Waals surface area contributed by atoms with Gasteiger partial charge in [0.2, 0.25) is 5.91 Å². The van der Waals surface area contributed by atoms with E-state index in [9.17, 15) is 9.59 Å². The molecule has 34 heavy (non-hydrogen) atoms. The second-order valence-electron chi connectivity index (χ2n) is 7.60. The highest BCUT2D eigenvalue weighted by Gasteiger charge is 2.14. The molecule has 0 fully saturated rings. The zero-order valence-corrected chi connectivity index (χ0v) is 19.8. The van der Waals surface area contributed by atoms with Crippen LogP contribution in [0, 0.1) is 6.92 Å². The summed E-state index contributed by atoms with van der Waals surface area (Å²) < 4.78 is 5.70. The smallest absolute Gasteiger partial charge is 0.255 e. The number of anilines is 2. The van der Waals surface area contributed by atoms with E-state index in [1.807, 2.05) is 73.8 Å². The van der Waals surface area contributed by atoms with Crippen LogP contribution < -0.4 is 15.4 Å². The van der Waals surface area contributed by atoms with E-state index in [2.05, 4.69) is 15.6 Å². The third-order valence-electron chi connectivity index (χ3n) is 5.20. The molecule has 0 saturated carbocycles. The number of nitrogens with one attached hydrogen (secondary N) is 2. The van der Waals surface area contributed by atoms with E-state index in [-0.39, 0.29) is 18.2 Å². The van der Waals surface area contributed by atoms with Crippen molar-refractivity contribution < 1.29 is 14.3 Å². The average molecular weight is 472 g/mol. The van der Waals surface area contributed by atoms with Gasteiger partial charge in [-0.1, -0.05) is 36.4 Å². The molecule has 0 radical (unpaired) electrons. The molecule has 4 aromatic rings. The Hall–Kier alpha value is -3.97. The lowest BCUT2D eigenvalue weighted by atomic mass is 10.1. The minimum atomic E-state index is -0.200. The van der Waals surface area contributed by atoms with Gasteiger partial charge < -0.3 is 15.4 Å². The quantitative estimate of drug-likeness (QED) is 0.333. The van der Waals surface area contributed by atoms with E-state index in [0.29, 0.717) is 29.2 Å². The largest absolute Gasteiger partial charge is 0.493 e. The van der Waals surface area contributed by atoms with Crippen molar-refractivity contribution in [1.29, 1.82) is 0 Å². The minimum Gasteiger partial charge on any atom is -0.493 e. The Morgan fingerprint density at radius 3 is 2.38 bits per heavy atom. The monoisotopic (exact) mass is 471 g/mol. The van der Waals surface area contributed by atoms with Gasteiger partial charge in [-0.3, -0.25) is 9.59 Å². The van der Waals surface area contributed by atoms with Gasteiger partial charge >= 0.3 is 0 Å². The van der Waals surface area contributed by atoms with Crippen molar-refractivity contribution in [2.75, 3.05) is 17.2 Å². The minimum absolute atomic E-state index is 0.146. The molecule has 2 amide bonds. The number of carbonyl (C=O) groups excluding carboxylic acids is 2. The van der Waals surface area contributed by atoms with Crippen LogP contribution in [-0.2, 0) is 11.2 Å². The lowest BCUT2D eigenvalue weighted by Gasteiger charge is -2.13. The zero-order valence-electron chi connectivity index (χ0n) is 19.0. The Kier molecular flexibility index (Phi) is 7.34. The molecule has 0 unspecified atom stereocenters. The summed E-state index contributed by atoms with van der Waals surface area (Å²) in [5, 5.41) is 8.56. The molecule has 0 atom stereocenters. The van der Waals surface area contributed by atoms with E-state index in [1.165, 1.54) is 11.3 Å². The van der Waals surface area contributed by atoms with Gasteiger partial charge in [-0.15, -0.1) is 11.3 Å². The second kappa shape index (κ2) is 10.8. The highest BCUT2D eigenvalue weighted by atomic mass is 32.1. The fourth-order valence-corrected chi connectivity index (χ4v) is 4.34. The number of hydrogen-bond acceptors (Lipinski definition) is 5. The predicted molar refractivity (Wildman–Crippen MR) is 137 cm³/mol. The maximum Gasteiger partial charge on any atom is 0.255 e. The number of ether oxygens (including phenoxy) is 1. The summed E-state index contributed by atoms with van der Waals surface area (Å²) in [7, 11) is 0. The molecule has 3 aromatic carbocycles. The van der Waals surface area contributed by atoms with Crippen LogP contribution in [0.3, 0.4) is 0 Å². The predicted octanol–water partition coefficient (Wildman–Crippen LogP) is 5.95. The van der Waals surface area contributed by atoms with E-state index < -0.39 is 0 Å². The van der Waals surface area contributed by atoms with Gasteiger partial charge in [-0.25, -0.2) is 4.98 Å².